The van der Waals surface area contributed by atoms with Gasteiger partial charge >= 0.3 is 0 Å². The summed E-state index contributed by atoms with van der Waals surface area (Å²) >= 11 is 1.66. The van der Waals surface area contributed by atoms with Crippen molar-refractivity contribution in [2.75, 3.05) is 0 Å². The fourth-order valence-corrected chi connectivity index (χ4v) is 4.52. The van der Waals surface area contributed by atoms with Crippen molar-refractivity contribution in [1.29, 1.82) is 0 Å². The van der Waals surface area contributed by atoms with Crippen LogP contribution in [0.3, 0.4) is 0 Å². The molecular weight excluding hydrogens is 332 g/mol. The Labute approximate surface area is 151 Å². The number of aliphatic hydroxyl groups is 1. The molecule has 1 atom stereocenters. The third kappa shape index (κ3) is 3.39. The lowest BCUT2D eigenvalue weighted by molar-refractivity contribution is 0.157. The lowest BCUT2D eigenvalue weighted by Crippen LogP contribution is -2.05. The van der Waals surface area contributed by atoms with Crippen LogP contribution in [-0.4, -0.2) is 15.2 Å². The molecule has 4 rings (SSSR count). The minimum absolute atomic E-state index is 0.353. The summed E-state index contributed by atoms with van der Waals surface area (Å²) in [7, 11) is 0. The number of nitrogens with zero attached hydrogens (tertiary/aromatic N) is 2. The van der Waals surface area contributed by atoms with Crippen molar-refractivity contribution in [1.82, 2.24) is 10.1 Å². The second-order valence-corrected chi connectivity index (χ2v) is 8.25. The molecule has 2 aromatic heterocycles. The molecule has 0 radical (unpaired) electrons. The Morgan fingerprint density at radius 1 is 1.28 bits per heavy atom. The third-order valence-corrected chi connectivity index (χ3v) is 5.78. The molecule has 25 heavy (non-hydrogen) atoms. The van der Waals surface area contributed by atoms with Gasteiger partial charge < -0.3 is 9.63 Å². The largest absolute Gasteiger partial charge is 0.388 e. The van der Waals surface area contributed by atoms with Crippen molar-refractivity contribution in [3.05, 3.63) is 46.3 Å². The molecule has 4 nitrogen and oxygen atoms in total. The molecule has 1 unspecified atom stereocenters. The van der Waals surface area contributed by atoms with Gasteiger partial charge in [0.25, 0.3) is 5.89 Å². The molecule has 0 spiro atoms. The zero-order valence-electron chi connectivity index (χ0n) is 14.5. The molecule has 0 fully saturated rings. The van der Waals surface area contributed by atoms with E-state index < -0.39 is 0 Å². The number of fused-ring (bicyclic) bond motifs is 1. The van der Waals surface area contributed by atoms with Gasteiger partial charge in [-0.15, -0.1) is 11.3 Å². The molecule has 5 heteroatoms. The number of hydrogen-bond acceptors (Lipinski definition) is 5. The molecule has 2 heterocycles. The van der Waals surface area contributed by atoms with Crippen LogP contribution in [0.2, 0.25) is 0 Å². The number of hydrogen-bond donors (Lipinski definition) is 1. The third-order valence-electron chi connectivity index (χ3n) is 4.57. The molecule has 1 N–H and O–H groups in total. The number of aliphatic hydroxyl groups excluding tert-OH is 1. The summed E-state index contributed by atoms with van der Waals surface area (Å²) in [5, 5.41) is 14.3. The number of rotatable bonds is 4. The Morgan fingerprint density at radius 3 is 2.80 bits per heavy atom. The zero-order valence-corrected chi connectivity index (χ0v) is 15.3. The highest BCUT2D eigenvalue weighted by atomic mass is 32.1. The van der Waals surface area contributed by atoms with Crippen LogP contribution in [0.5, 0.6) is 0 Å². The lowest BCUT2D eigenvalue weighted by atomic mass is 9.96. The van der Waals surface area contributed by atoms with E-state index in [1.807, 2.05) is 18.2 Å². The van der Waals surface area contributed by atoms with E-state index in [1.54, 1.807) is 11.3 Å². The highest BCUT2D eigenvalue weighted by Crippen LogP contribution is 2.39. The van der Waals surface area contributed by atoms with Gasteiger partial charge in [-0.1, -0.05) is 31.1 Å². The van der Waals surface area contributed by atoms with Gasteiger partial charge in [0.1, 0.15) is 0 Å². The number of aromatic nitrogens is 2. The van der Waals surface area contributed by atoms with Gasteiger partial charge in [0.2, 0.25) is 5.82 Å². The first-order valence-electron chi connectivity index (χ1n) is 8.84. The molecule has 1 aliphatic rings. The maximum atomic E-state index is 10.1. The van der Waals surface area contributed by atoms with Crippen LogP contribution < -0.4 is 0 Å². The Bertz CT molecular complexity index is 864. The normalized spacial score (nSPS) is 17.0. The van der Waals surface area contributed by atoms with Crippen LogP contribution in [0, 0.1) is 5.92 Å². The first-order chi connectivity index (χ1) is 12.1. The smallest absolute Gasteiger partial charge is 0.258 e. The van der Waals surface area contributed by atoms with Crippen LogP contribution in [0.1, 0.15) is 48.8 Å². The minimum Gasteiger partial charge on any atom is -0.388 e. The maximum absolute atomic E-state index is 10.1. The van der Waals surface area contributed by atoms with Crippen LogP contribution in [-0.2, 0) is 12.8 Å². The first-order valence-corrected chi connectivity index (χ1v) is 9.66. The van der Waals surface area contributed by atoms with Crippen LogP contribution in [0.15, 0.2) is 34.9 Å². The molecule has 3 aromatic rings. The van der Waals surface area contributed by atoms with E-state index >= 15 is 0 Å². The van der Waals surface area contributed by atoms with Crippen LogP contribution in [0.25, 0.3) is 22.2 Å². The summed E-state index contributed by atoms with van der Waals surface area (Å²) in [6, 6.07) is 10.3. The van der Waals surface area contributed by atoms with Gasteiger partial charge in [-0.3, -0.25) is 0 Å². The van der Waals surface area contributed by atoms with Crippen molar-refractivity contribution in [3.63, 3.8) is 0 Å². The Morgan fingerprint density at radius 2 is 2.08 bits per heavy atom. The second kappa shape index (κ2) is 6.73. The molecule has 130 valence electrons. The topological polar surface area (TPSA) is 59.2 Å². The fraction of sp³-hybridized carbons (Fsp3) is 0.400. The molecule has 1 aromatic carbocycles. The van der Waals surface area contributed by atoms with Gasteiger partial charge in [-0.05, 0) is 60.9 Å². The standard InChI is InChI=1S/C20H22N2O2S/c1-12(2)10-13-6-8-14(9-7-13)20-21-19(22-24-20)18-11-15-16(23)4-3-5-17(15)25-18/h6-9,11-12,16,23H,3-5,10H2,1-2H3. The van der Waals surface area contributed by atoms with E-state index in [1.165, 1.54) is 10.4 Å². The molecule has 0 saturated carbocycles. The monoisotopic (exact) mass is 354 g/mol. The number of benzene rings is 1. The quantitative estimate of drug-likeness (QED) is 0.713. The van der Waals surface area contributed by atoms with E-state index in [9.17, 15) is 5.11 Å². The molecule has 0 aliphatic heterocycles. The van der Waals surface area contributed by atoms with E-state index in [2.05, 4.69) is 36.1 Å². The van der Waals surface area contributed by atoms with E-state index in [0.29, 0.717) is 17.6 Å². The Kier molecular flexibility index (Phi) is 4.44. The first kappa shape index (κ1) is 16.5. The van der Waals surface area contributed by atoms with Crippen LogP contribution in [0.4, 0.5) is 0 Å². The highest BCUT2D eigenvalue weighted by molar-refractivity contribution is 7.15. The second-order valence-electron chi connectivity index (χ2n) is 7.12. The SMILES string of the molecule is CC(C)Cc1ccc(-c2nc(-c3cc4c(s3)CCCC4O)no2)cc1. The van der Waals surface area contributed by atoms with E-state index in [0.717, 1.165) is 41.7 Å². The lowest BCUT2D eigenvalue weighted by Gasteiger charge is -2.16. The summed E-state index contributed by atoms with van der Waals surface area (Å²) in [5.74, 6) is 1.78. The van der Waals surface area contributed by atoms with Gasteiger partial charge in [-0.2, -0.15) is 4.98 Å². The molecule has 1 aliphatic carbocycles. The van der Waals surface area contributed by atoms with Gasteiger partial charge in [0.05, 0.1) is 11.0 Å². The molecular formula is C20H22N2O2S. The maximum Gasteiger partial charge on any atom is 0.258 e. The predicted molar refractivity (Wildman–Crippen MR) is 99.5 cm³/mol. The molecule has 0 amide bonds. The van der Waals surface area contributed by atoms with Crippen molar-refractivity contribution in [3.8, 4) is 22.2 Å². The van der Waals surface area contributed by atoms with Crippen LogP contribution >= 0.6 is 11.3 Å². The van der Waals surface area contributed by atoms with Crippen molar-refractivity contribution >= 4 is 11.3 Å². The van der Waals surface area contributed by atoms with Gasteiger partial charge in [-0.25, -0.2) is 0 Å². The average Bonchev–Trinajstić information content (AvgIpc) is 3.22. The zero-order chi connectivity index (χ0) is 17.4. The number of aryl methyl sites for hydroxylation is 1. The van der Waals surface area contributed by atoms with Crippen molar-refractivity contribution < 1.29 is 9.63 Å². The molecule has 0 saturated heterocycles. The summed E-state index contributed by atoms with van der Waals surface area (Å²) in [5.41, 5.74) is 3.29. The summed E-state index contributed by atoms with van der Waals surface area (Å²) in [6.07, 6.45) is 3.61. The Balaban J connectivity index is 1.58. The van der Waals surface area contributed by atoms with E-state index in [-0.39, 0.29) is 6.10 Å². The Hall–Kier alpha value is -1.98. The minimum atomic E-state index is -0.353. The van der Waals surface area contributed by atoms with Crippen molar-refractivity contribution in [2.45, 2.75) is 45.6 Å². The molecule has 0 bridgehead atoms. The summed E-state index contributed by atoms with van der Waals surface area (Å²) in [4.78, 5) is 6.78. The predicted octanol–water partition coefficient (Wildman–Crippen LogP) is 5.03. The van der Waals surface area contributed by atoms with E-state index in [4.69, 9.17) is 4.52 Å². The van der Waals surface area contributed by atoms with Gasteiger partial charge in [0.15, 0.2) is 0 Å². The fourth-order valence-electron chi connectivity index (χ4n) is 3.34. The van der Waals surface area contributed by atoms with Gasteiger partial charge in [0, 0.05) is 10.4 Å². The number of thiophene rings is 1. The summed E-state index contributed by atoms with van der Waals surface area (Å²) < 4.78 is 5.47. The highest BCUT2D eigenvalue weighted by Gasteiger charge is 2.23. The van der Waals surface area contributed by atoms with Crippen molar-refractivity contribution in [2.24, 2.45) is 5.92 Å². The summed E-state index contributed by atoms with van der Waals surface area (Å²) in [6.45, 7) is 4.44. The average molecular weight is 354 g/mol.